The fourth-order valence-corrected chi connectivity index (χ4v) is 1.70. The van der Waals surface area contributed by atoms with E-state index in [4.69, 9.17) is 9.47 Å². The molecule has 2 rings (SSSR count). The molecular weight excluding hydrogens is 236 g/mol. The molecule has 0 radical (unpaired) electrons. The van der Waals surface area contributed by atoms with Gasteiger partial charge in [-0.3, -0.25) is 4.21 Å². The molecule has 0 saturated heterocycles. The Morgan fingerprint density at radius 2 is 2.41 bits per heavy atom. The van der Waals surface area contributed by atoms with Gasteiger partial charge < -0.3 is 9.47 Å². The summed E-state index contributed by atoms with van der Waals surface area (Å²) in [6.07, 6.45) is 12.8. The molecule has 88 valence electrons. The Kier molecular flexibility index (Phi) is 3.50. The predicted octanol–water partition coefficient (Wildman–Crippen LogP) is 1.98. The van der Waals surface area contributed by atoms with Crippen molar-refractivity contribution in [1.82, 2.24) is 0 Å². The van der Waals surface area contributed by atoms with Crippen molar-refractivity contribution in [1.29, 1.82) is 0 Å². The molecule has 0 N–H and O–H groups in total. The zero-order valence-electron chi connectivity index (χ0n) is 9.38. The van der Waals surface area contributed by atoms with Crippen LogP contribution in [-0.4, -0.2) is 16.3 Å². The van der Waals surface area contributed by atoms with Gasteiger partial charge in [-0.15, -0.1) is 0 Å². The summed E-state index contributed by atoms with van der Waals surface area (Å²) in [6.45, 7) is 0. The summed E-state index contributed by atoms with van der Waals surface area (Å²) in [7, 11) is -0.955. The van der Waals surface area contributed by atoms with Gasteiger partial charge in [-0.25, -0.2) is 0 Å². The lowest BCUT2D eigenvalue weighted by Crippen LogP contribution is -2.24. The second kappa shape index (κ2) is 5.07. The van der Waals surface area contributed by atoms with Crippen LogP contribution in [0.2, 0.25) is 0 Å². The molecule has 0 aliphatic carbocycles. The van der Waals surface area contributed by atoms with E-state index >= 15 is 0 Å². The van der Waals surface area contributed by atoms with E-state index in [-0.39, 0.29) is 0 Å². The molecule has 2 aliphatic rings. The molecule has 2 heterocycles. The highest BCUT2D eigenvalue weighted by molar-refractivity contribution is 7.87. The Labute approximate surface area is 103 Å². The smallest absolute Gasteiger partial charge is 0.274 e. The highest BCUT2D eigenvalue weighted by Gasteiger charge is 2.36. The largest absolute Gasteiger partial charge is 0.457 e. The molecule has 17 heavy (non-hydrogen) atoms. The van der Waals surface area contributed by atoms with Crippen LogP contribution in [0, 0.1) is 11.8 Å². The van der Waals surface area contributed by atoms with E-state index < -0.39 is 16.6 Å². The maximum Gasteiger partial charge on any atom is 0.274 e. The topological polar surface area (TPSA) is 35.5 Å². The summed E-state index contributed by atoms with van der Waals surface area (Å²) in [6, 6.07) is 0. The molecule has 4 heteroatoms. The highest BCUT2D eigenvalue weighted by Crippen LogP contribution is 2.34. The molecule has 1 spiro atoms. The van der Waals surface area contributed by atoms with Crippen LogP contribution in [0.4, 0.5) is 0 Å². The Hall–Kier alpha value is -1.73. The average Bonchev–Trinajstić information content (AvgIpc) is 2.89. The van der Waals surface area contributed by atoms with Crippen LogP contribution in [0.1, 0.15) is 6.42 Å². The van der Waals surface area contributed by atoms with Gasteiger partial charge in [0.15, 0.2) is 0 Å². The van der Waals surface area contributed by atoms with Crippen molar-refractivity contribution < 1.29 is 13.7 Å². The first kappa shape index (κ1) is 11.7. The molecule has 0 saturated carbocycles. The molecule has 0 fully saturated rings. The lowest BCUT2D eigenvalue weighted by Gasteiger charge is -2.20. The summed E-state index contributed by atoms with van der Waals surface area (Å²) < 4.78 is 21.7. The minimum Gasteiger partial charge on any atom is -0.457 e. The van der Waals surface area contributed by atoms with Crippen LogP contribution in [0.15, 0.2) is 47.8 Å². The normalized spacial score (nSPS) is 29.4. The first-order valence-electron chi connectivity index (χ1n) is 5.11. The van der Waals surface area contributed by atoms with Crippen molar-refractivity contribution in [3.05, 3.63) is 47.8 Å². The van der Waals surface area contributed by atoms with Crippen LogP contribution in [0.5, 0.6) is 0 Å². The number of hydrogen-bond acceptors (Lipinski definition) is 3. The van der Waals surface area contributed by atoms with Gasteiger partial charge in [0.25, 0.3) is 5.79 Å². The molecule has 0 bridgehead atoms. The summed E-state index contributed by atoms with van der Waals surface area (Å²) in [4.78, 5) is 0. The number of hydrogen-bond donors (Lipinski definition) is 0. The average molecular weight is 248 g/mol. The third kappa shape index (κ3) is 3.11. The number of ether oxygens (including phenoxy) is 2. The minimum atomic E-state index is -0.955. The molecule has 2 atom stereocenters. The van der Waals surface area contributed by atoms with Gasteiger partial charge in [0.2, 0.25) is 0 Å². The molecule has 0 aromatic rings. The Balaban J connectivity index is 1.93. The van der Waals surface area contributed by atoms with Crippen molar-refractivity contribution in [2.24, 2.45) is 0 Å². The first-order chi connectivity index (χ1) is 8.20. The zero-order valence-corrected chi connectivity index (χ0v) is 10.2. The first-order valence-corrected chi connectivity index (χ1v) is 6.74. The van der Waals surface area contributed by atoms with E-state index in [2.05, 4.69) is 11.8 Å². The van der Waals surface area contributed by atoms with Gasteiger partial charge in [-0.05, 0) is 18.2 Å². The maximum atomic E-state index is 10.7. The Bertz CT molecular complexity index is 492. The number of allylic oxidation sites excluding steroid dienone is 3. The molecule has 2 unspecified atom stereocenters. The van der Waals surface area contributed by atoms with Gasteiger partial charge in [-0.1, -0.05) is 11.8 Å². The van der Waals surface area contributed by atoms with Crippen LogP contribution >= 0.6 is 0 Å². The summed E-state index contributed by atoms with van der Waals surface area (Å²) in [5.74, 6) is 5.58. The standard InChI is InChI=1S/C13H12O3S/c1-17(14)11-4-2-3-6-12-7-9-13(16-12)8-5-10-15-13/h4-7,9-11H,8H2,1H3/b11-4-,12-6?. The zero-order chi connectivity index (χ0) is 12.1. The predicted molar refractivity (Wildman–Crippen MR) is 66.9 cm³/mol. The van der Waals surface area contributed by atoms with E-state index in [1.54, 1.807) is 24.7 Å². The SMILES string of the molecule is CS(=O)/C=C\C#CC=C1C=CC2(CC=CO2)O1. The van der Waals surface area contributed by atoms with Crippen molar-refractivity contribution in [3.63, 3.8) is 0 Å². The summed E-state index contributed by atoms with van der Waals surface area (Å²) in [5, 5.41) is 1.53. The van der Waals surface area contributed by atoms with Crippen molar-refractivity contribution >= 4 is 10.8 Å². The maximum absolute atomic E-state index is 10.7. The third-order valence-corrected chi connectivity index (χ3v) is 2.72. The summed E-state index contributed by atoms with van der Waals surface area (Å²) >= 11 is 0. The van der Waals surface area contributed by atoms with Crippen LogP contribution in [0.25, 0.3) is 0 Å². The van der Waals surface area contributed by atoms with Crippen molar-refractivity contribution in [2.45, 2.75) is 12.2 Å². The quantitative estimate of drug-likeness (QED) is 0.666. The van der Waals surface area contributed by atoms with Crippen LogP contribution in [-0.2, 0) is 20.3 Å². The minimum absolute atomic E-state index is 0.645. The van der Waals surface area contributed by atoms with Gasteiger partial charge >= 0.3 is 0 Å². The van der Waals surface area contributed by atoms with E-state index in [0.717, 1.165) is 0 Å². The van der Waals surface area contributed by atoms with Gasteiger partial charge in [0.1, 0.15) is 5.76 Å². The molecule has 0 aromatic carbocycles. The molecular formula is C13H12O3S. The highest BCUT2D eigenvalue weighted by atomic mass is 32.2. The fraction of sp³-hybridized carbons (Fsp3) is 0.231. The van der Waals surface area contributed by atoms with Gasteiger partial charge in [-0.2, -0.15) is 0 Å². The Morgan fingerprint density at radius 3 is 3.12 bits per heavy atom. The van der Waals surface area contributed by atoms with Crippen LogP contribution in [0.3, 0.4) is 0 Å². The van der Waals surface area contributed by atoms with Crippen molar-refractivity contribution in [2.75, 3.05) is 6.26 Å². The molecule has 0 amide bonds. The molecule has 2 aliphatic heterocycles. The lowest BCUT2D eigenvalue weighted by atomic mass is 10.2. The Morgan fingerprint density at radius 1 is 1.53 bits per heavy atom. The van der Waals surface area contributed by atoms with E-state index in [9.17, 15) is 4.21 Å². The van der Waals surface area contributed by atoms with Crippen LogP contribution < -0.4 is 0 Å². The third-order valence-electron chi connectivity index (χ3n) is 2.20. The number of rotatable bonds is 1. The summed E-state index contributed by atoms with van der Waals surface area (Å²) in [5.41, 5.74) is 0. The second-order valence-corrected chi connectivity index (χ2v) is 4.85. The van der Waals surface area contributed by atoms with E-state index in [1.807, 2.05) is 18.2 Å². The fourth-order valence-electron chi connectivity index (χ4n) is 1.44. The van der Waals surface area contributed by atoms with E-state index in [1.165, 1.54) is 5.41 Å². The van der Waals surface area contributed by atoms with E-state index in [0.29, 0.717) is 12.2 Å². The van der Waals surface area contributed by atoms with Crippen molar-refractivity contribution in [3.8, 4) is 11.8 Å². The van der Waals surface area contributed by atoms with Gasteiger partial charge in [0, 0.05) is 34.6 Å². The molecule has 3 nitrogen and oxygen atoms in total. The second-order valence-electron chi connectivity index (χ2n) is 3.58. The molecule has 0 aromatic heterocycles. The lowest BCUT2D eigenvalue weighted by molar-refractivity contribution is -0.115. The monoisotopic (exact) mass is 248 g/mol. The van der Waals surface area contributed by atoms with Gasteiger partial charge in [0.05, 0.1) is 12.7 Å².